The van der Waals surface area contributed by atoms with Gasteiger partial charge in [-0.1, -0.05) is 0 Å². The molecule has 0 saturated heterocycles. The summed E-state index contributed by atoms with van der Waals surface area (Å²) < 4.78 is 13.6. The summed E-state index contributed by atoms with van der Waals surface area (Å²) in [5.41, 5.74) is 1.90. The van der Waals surface area contributed by atoms with Crippen LogP contribution in [0.25, 0.3) is 0 Å². The topological polar surface area (TPSA) is 3.24 Å². The van der Waals surface area contributed by atoms with Crippen LogP contribution in [0.1, 0.15) is 31.2 Å². The molecule has 0 aliphatic heterocycles. The van der Waals surface area contributed by atoms with Crippen LogP contribution < -0.4 is 4.90 Å². The number of hydrogen-bond acceptors (Lipinski definition) is 1. The van der Waals surface area contributed by atoms with E-state index in [0.29, 0.717) is 5.88 Å². The average molecular weight is 268 g/mol. The fourth-order valence-corrected chi connectivity index (χ4v) is 2.56. The van der Waals surface area contributed by atoms with Crippen molar-refractivity contribution in [3.8, 4) is 0 Å². The van der Waals surface area contributed by atoms with Crippen molar-refractivity contribution in [1.82, 2.24) is 0 Å². The van der Waals surface area contributed by atoms with Gasteiger partial charge in [-0.3, -0.25) is 0 Å². The van der Waals surface area contributed by atoms with Crippen molar-refractivity contribution in [2.24, 2.45) is 11.8 Å². The van der Waals surface area contributed by atoms with Crippen LogP contribution >= 0.6 is 11.6 Å². The molecule has 3 rings (SSSR count). The second kappa shape index (κ2) is 5.08. The van der Waals surface area contributed by atoms with Crippen molar-refractivity contribution < 1.29 is 4.39 Å². The van der Waals surface area contributed by atoms with E-state index < -0.39 is 0 Å². The lowest BCUT2D eigenvalue weighted by Crippen LogP contribution is -2.28. The molecule has 1 nitrogen and oxygen atoms in total. The first-order chi connectivity index (χ1) is 8.74. The van der Waals surface area contributed by atoms with Crippen LogP contribution in [0.15, 0.2) is 18.2 Å². The third-order valence-electron chi connectivity index (χ3n) is 3.81. The molecule has 0 amide bonds. The Morgan fingerprint density at radius 2 is 1.67 bits per heavy atom. The Bertz CT molecular complexity index is 413. The zero-order chi connectivity index (χ0) is 12.5. The summed E-state index contributed by atoms with van der Waals surface area (Å²) in [6, 6.07) is 5.23. The van der Waals surface area contributed by atoms with Gasteiger partial charge in [-0.05, 0) is 61.3 Å². The van der Waals surface area contributed by atoms with E-state index in [4.69, 9.17) is 11.6 Å². The molecule has 0 spiro atoms. The van der Waals surface area contributed by atoms with E-state index in [1.54, 1.807) is 6.07 Å². The maximum Gasteiger partial charge on any atom is 0.125 e. The number of benzene rings is 1. The van der Waals surface area contributed by atoms with Crippen molar-refractivity contribution in [3.63, 3.8) is 0 Å². The summed E-state index contributed by atoms with van der Waals surface area (Å²) in [5, 5.41) is 0. The monoisotopic (exact) mass is 267 g/mol. The van der Waals surface area contributed by atoms with Crippen LogP contribution in [0.4, 0.5) is 10.1 Å². The van der Waals surface area contributed by atoms with Gasteiger partial charge in [0.2, 0.25) is 0 Å². The zero-order valence-electron chi connectivity index (χ0n) is 10.5. The van der Waals surface area contributed by atoms with E-state index in [0.717, 1.165) is 36.2 Å². The summed E-state index contributed by atoms with van der Waals surface area (Å²) in [7, 11) is 0. The fraction of sp³-hybridized carbons (Fsp3) is 0.600. The van der Waals surface area contributed by atoms with Crippen molar-refractivity contribution in [2.75, 3.05) is 18.0 Å². The molecule has 0 aromatic heterocycles. The molecule has 0 unspecified atom stereocenters. The maximum absolute atomic E-state index is 13.6. The molecule has 2 saturated carbocycles. The number of nitrogens with zero attached hydrogens (tertiary/aromatic N) is 1. The summed E-state index contributed by atoms with van der Waals surface area (Å²) >= 11 is 5.83. The summed E-state index contributed by atoms with van der Waals surface area (Å²) in [6.45, 7) is 2.17. The van der Waals surface area contributed by atoms with Crippen LogP contribution in [0.3, 0.4) is 0 Å². The Balaban J connectivity index is 1.79. The van der Waals surface area contributed by atoms with Gasteiger partial charge in [-0.15, -0.1) is 11.6 Å². The fourth-order valence-electron chi connectivity index (χ4n) is 2.40. The summed E-state index contributed by atoms with van der Waals surface area (Å²) in [6.07, 6.45) is 5.33. The molecule has 0 N–H and O–H groups in total. The van der Waals surface area contributed by atoms with Gasteiger partial charge in [0.15, 0.2) is 0 Å². The SMILES string of the molecule is Fc1cc(CCl)cc(N(CC2CC2)CC2CC2)c1. The van der Waals surface area contributed by atoms with Gasteiger partial charge >= 0.3 is 0 Å². The van der Waals surface area contributed by atoms with E-state index in [9.17, 15) is 4.39 Å². The summed E-state index contributed by atoms with van der Waals surface area (Å²) in [5.74, 6) is 1.86. The molecule has 2 aliphatic carbocycles. The number of halogens is 2. The largest absolute Gasteiger partial charge is 0.371 e. The number of anilines is 1. The maximum atomic E-state index is 13.6. The van der Waals surface area contributed by atoms with Crippen LogP contribution in [-0.4, -0.2) is 13.1 Å². The van der Waals surface area contributed by atoms with Crippen molar-refractivity contribution in [2.45, 2.75) is 31.6 Å². The van der Waals surface area contributed by atoms with E-state index in [1.165, 1.54) is 31.7 Å². The first-order valence-corrected chi connectivity index (χ1v) is 7.38. The Labute approximate surface area is 113 Å². The van der Waals surface area contributed by atoms with Gasteiger partial charge in [-0.2, -0.15) is 0 Å². The minimum atomic E-state index is -0.167. The van der Waals surface area contributed by atoms with Crippen molar-refractivity contribution >= 4 is 17.3 Å². The number of alkyl halides is 1. The van der Waals surface area contributed by atoms with E-state index in [-0.39, 0.29) is 5.82 Å². The minimum Gasteiger partial charge on any atom is -0.371 e. The predicted octanol–water partition coefficient (Wildman–Crippen LogP) is 4.19. The van der Waals surface area contributed by atoms with Crippen LogP contribution in [0.2, 0.25) is 0 Å². The molecular weight excluding hydrogens is 249 g/mol. The quantitative estimate of drug-likeness (QED) is 0.699. The Hall–Kier alpha value is -0.760. The van der Waals surface area contributed by atoms with Gasteiger partial charge in [0.25, 0.3) is 0 Å². The lowest BCUT2D eigenvalue weighted by atomic mass is 10.1. The predicted molar refractivity (Wildman–Crippen MR) is 73.6 cm³/mol. The first kappa shape index (κ1) is 12.3. The zero-order valence-corrected chi connectivity index (χ0v) is 11.3. The van der Waals surface area contributed by atoms with E-state index in [1.807, 2.05) is 6.07 Å². The molecule has 18 heavy (non-hydrogen) atoms. The van der Waals surface area contributed by atoms with E-state index >= 15 is 0 Å². The normalized spacial score (nSPS) is 19.0. The molecular formula is C15H19ClFN. The highest BCUT2D eigenvalue weighted by atomic mass is 35.5. The lowest BCUT2D eigenvalue weighted by Gasteiger charge is -2.25. The van der Waals surface area contributed by atoms with Gasteiger partial charge in [-0.25, -0.2) is 4.39 Å². The average Bonchev–Trinajstić information content (AvgIpc) is 3.22. The molecule has 0 bridgehead atoms. The minimum absolute atomic E-state index is 0.167. The van der Waals surface area contributed by atoms with Gasteiger partial charge in [0.1, 0.15) is 5.82 Å². The number of rotatable bonds is 6. The Kier molecular flexibility index (Phi) is 3.47. The molecule has 1 aromatic rings. The smallest absolute Gasteiger partial charge is 0.125 e. The van der Waals surface area contributed by atoms with Gasteiger partial charge < -0.3 is 4.90 Å². The molecule has 0 heterocycles. The molecule has 98 valence electrons. The van der Waals surface area contributed by atoms with Crippen molar-refractivity contribution in [1.29, 1.82) is 0 Å². The molecule has 1 aromatic carbocycles. The lowest BCUT2D eigenvalue weighted by molar-refractivity contribution is 0.621. The van der Waals surface area contributed by atoms with Crippen LogP contribution in [0.5, 0.6) is 0 Å². The van der Waals surface area contributed by atoms with Crippen LogP contribution in [0, 0.1) is 17.7 Å². The van der Waals surface area contributed by atoms with Gasteiger partial charge in [0, 0.05) is 24.7 Å². The second-order valence-corrected chi connectivity index (χ2v) is 6.01. The highest BCUT2D eigenvalue weighted by molar-refractivity contribution is 6.17. The third-order valence-corrected chi connectivity index (χ3v) is 4.12. The molecule has 0 radical (unpaired) electrons. The van der Waals surface area contributed by atoms with Crippen molar-refractivity contribution in [3.05, 3.63) is 29.6 Å². The third kappa shape index (κ3) is 3.17. The highest BCUT2D eigenvalue weighted by Gasteiger charge is 2.29. The molecule has 3 heteroatoms. The first-order valence-electron chi connectivity index (χ1n) is 6.85. The van der Waals surface area contributed by atoms with E-state index in [2.05, 4.69) is 4.90 Å². The second-order valence-electron chi connectivity index (χ2n) is 5.74. The Morgan fingerprint density at radius 1 is 1.06 bits per heavy atom. The van der Waals surface area contributed by atoms with Gasteiger partial charge in [0.05, 0.1) is 0 Å². The summed E-state index contributed by atoms with van der Waals surface area (Å²) in [4.78, 5) is 2.37. The molecule has 2 aliphatic rings. The molecule has 0 atom stereocenters. The van der Waals surface area contributed by atoms with Crippen LogP contribution in [-0.2, 0) is 5.88 Å². The standard InChI is InChI=1S/C15H19ClFN/c16-8-13-5-14(17)7-15(6-13)18(9-11-1-2-11)10-12-3-4-12/h5-7,11-12H,1-4,8-10H2. The Morgan fingerprint density at radius 3 is 2.17 bits per heavy atom. The number of hydrogen-bond donors (Lipinski definition) is 0. The molecule has 2 fully saturated rings. The highest BCUT2D eigenvalue weighted by Crippen LogP contribution is 2.36.